The van der Waals surface area contributed by atoms with E-state index in [0.29, 0.717) is 31.9 Å². The van der Waals surface area contributed by atoms with Crippen LogP contribution in [0.25, 0.3) is 0 Å². The summed E-state index contributed by atoms with van der Waals surface area (Å²) in [6.45, 7) is 6.03. The first-order valence-electron chi connectivity index (χ1n) is 11.6. The quantitative estimate of drug-likeness (QED) is 0.613. The Hall–Kier alpha value is -3.02. The van der Waals surface area contributed by atoms with Crippen molar-refractivity contribution in [2.24, 2.45) is 0 Å². The average Bonchev–Trinajstić information content (AvgIpc) is 2.81. The van der Waals surface area contributed by atoms with Gasteiger partial charge in [-0.05, 0) is 61.6 Å². The third-order valence-electron chi connectivity index (χ3n) is 5.63. The summed E-state index contributed by atoms with van der Waals surface area (Å²) in [5.74, 6) is 1.52. The number of piperidine rings is 1. The fraction of sp³-hybridized carbons (Fsp3) is 0.462. The predicted molar refractivity (Wildman–Crippen MR) is 125 cm³/mol. The first-order chi connectivity index (χ1) is 15.6. The number of aryl methyl sites for hydroxylation is 1. The first-order valence-corrected chi connectivity index (χ1v) is 11.6. The van der Waals surface area contributed by atoms with Crippen molar-refractivity contribution in [1.29, 1.82) is 0 Å². The summed E-state index contributed by atoms with van der Waals surface area (Å²) in [4.78, 5) is 26.8. The molecule has 0 radical (unpaired) electrons. The Labute approximate surface area is 190 Å². The van der Waals surface area contributed by atoms with E-state index in [2.05, 4.69) is 12.2 Å². The molecule has 0 spiro atoms. The number of nitrogens with zero attached hydrogens (tertiary/aromatic N) is 1. The molecule has 1 N–H and O–H groups in total. The van der Waals surface area contributed by atoms with Gasteiger partial charge in [0.2, 0.25) is 5.91 Å². The zero-order valence-electron chi connectivity index (χ0n) is 19.1. The molecule has 0 saturated carbocycles. The second-order valence-corrected chi connectivity index (χ2v) is 8.16. The van der Waals surface area contributed by atoms with Crippen molar-refractivity contribution >= 4 is 11.8 Å². The summed E-state index contributed by atoms with van der Waals surface area (Å²) >= 11 is 0. The number of carbonyl (C=O) groups is 2. The van der Waals surface area contributed by atoms with Crippen molar-refractivity contribution in [3.8, 4) is 11.5 Å². The summed E-state index contributed by atoms with van der Waals surface area (Å²) in [7, 11) is 0. The maximum atomic E-state index is 12.6. The monoisotopic (exact) mass is 438 g/mol. The molecular formula is C26H34N2O4. The second-order valence-electron chi connectivity index (χ2n) is 8.16. The van der Waals surface area contributed by atoms with E-state index in [9.17, 15) is 9.59 Å². The van der Waals surface area contributed by atoms with E-state index >= 15 is 0 Å². The number of hydrogen-bond acceptors (Lipinski definition) is 4. The molecule has 2 amide bonds. The highest BCUT2D eigenvalue weighted by Gasteiger charge is 2.24. The van der Waals surface area contributed by atoms with E-state index in [0.717, 1.165) is 37.0 Å². The summed E-state index contributed by atoms with van der Waals surface area (Å²) in [5.41, 5.74) is 2.25. The van der Waals surface area contributed by atoms with Gasteiger partial charge in [0, 0.05) is 19.1 Å². The van der Waals surface area contributed by atoms with Crippen molar-refractivity contribution < 1.29 is 19.1 Å². The van der Waals surface area contributed by atoms with Gasteiger partial charge in [-0.1, -0.05) is 37.6 Å². The molecule has 32 heavy (non-hydrogen) atoms. The van der Waals surface area contributed by atoms with Crippen LogP contribution in [0.4, 0.5) is 0 Å². The number of carbonyl (C=O) groups excluding carboxylic acids is 2. The number of nitrogens with one attached hydrogen (secondary N) is 1. The van der Waals surface area contributed by atoms with Crippen LogP contribution in [-0.4, -0.2) is 49.1 Å². The SMILES string of the molecule is CCCc1ccc(OCC(=O)NC2CCN(C(=O)Cc3ccc(OCC)cc3)CC2)cc1. The highest BCUT2D eigenvalue weighted by Crippen LogP contribution is 2.16. The van der Waals surface area contributed by atoms with Gasteiger partial charge in [0.05, 0.1) is 13.0 Å². The fourth-order valence-corrected chi connectivity index (χ4v) is 3.89. The van der Waals surface area contributed by atoms with Gasteiger partial charge < -0.3 is 19.7 Å². The summed E-state index contributed by atoms with van der Waals surface area (Å²) in [6, 6.07) is 15.6. The lowest BCUT2D eigenvalue weighted by atomic mass is 10.0. The van der Waals surface area contributed by atoms with Crippen LogP contribution in [0.2, 0.25) is 0 Å². The second kappa shape index (κ2) is 12.1. The van der Waals surface area contributed by atoms with Gasteiger partial charge in [-0.3, -0.25) is 9.59 Å². The van der Waals surface area contributed by atoms with Crippen LogP contribution in [-0.2, 0) is 22.4 Å². The van der Waals surface area contributed by atoms with Gasteiger partial charge in [-0.15, -0.1) is 0 Å². The van der Waals surface area contributed by atoms with E-state index in [1.165, 1.54) is 5.56 Å². The molecule has 6 nitrogen and oxygen atoms in total. The van der Waals surface area contributed by atoms with Gasteiger partial charge in [-0.25, -0.2) is 0 Å². The Morgan fingerprint density at radius 2 is 1.50 bits per heavy atom. The van der Waals surface area contributed by atoms with Crippen molar-refractivity contribution in [3.63, 3.8) is 0 Å². The molecule has 2 aromatic rings. The predicted octanol–water partition coefficient (Wildman–Crippen LogP) is 3.77. The molecule has 1 fully saturated rings. The minimum atomic E-state index is -0.123. The van der Waals surface area contributed by atoms with Gasteiger partial charge in [0.1, 0.15) is 11.5 Å². The van der Waals surface area contributed by atoms with E-state index < -0.39 is 0 Å². The molecular weight excluding hydrogens is 404 g/mol. The van der Waals surface area contributed by atoms with E-state index in [4.69, 9.17) is 9.47 Å². The zero-order chi connectivity index (χ0) is 22.8. The molecule has 3 rings (SSSR count). The zero-order valence-corrected chi connectivity index (χ0v) is 19.1. The summed E-state index contributed by atoms with van der Waals surface area (Å²) < 4.78 is 11.0. The van der Waals surface area contributed by atoms with Crippen molar-refractivity contribution in [2.75, 3.05) is 26.3 Å². The minimum Gasteiger partial charge on any atom is -0.494 e. The van der Waals surface area contributed by atoms with Crippen LogP contribution in [0.15, 0.2) is 48.5 Å². The summed E-state index contributed by atoms with van der Waals surface area (Å²) in [5, 5.41) is 3.03. The van der Waals surface area contributed by atoms with Crippen molar-refractivity contribution in [2.45, 2.75) is 52.0 Å². The fourth-order valence-electron chi connectivity index (χ4n) is 3.89. The molecule has 1 aliphatic heterocycles. The molecule has 1 aliphatic rings. The van der Waals surface area contributed by atoms with Crippen LogP contribution < -0.4 is 14.8 Å². The molecule has 0 aromatic heterocycles. The Bertz CT molecular complexity index is 856. The smallest absolute Gasteiger partial charge is 0.258 e. The van der Waals surface area contributed by atoms with Gasteiger partial charge >= 0.3 is 0 Å². The Balaban J connectivity index is 1.36. The maximum absolute atomic E-state index is 12.6. The van der Waals surface area contributed by atoms with E-state index in [1.54, 1.807) is 0 Å². The number of ether oxygens (including phenoxy) is 2. The number of likely N-dealkylation sites (tertiary alicyclic amines) is 1. The van der Waals surface area contributed by atoms with Crippen LogP contribution in [0.1, 0.15) is 44.2 Å². The lowest BCUT2D eigenvalue weighted by Crippen LogP contribution is -2.47. The normalized spacial score (nSPS) is 14.1. The Morgan fingerprint density at radius 1 is 0.906 bits per heavy atom. The molecule has 172 valence electrons. The molecule has 2 aromatic carbocycles. The number of hydrogen-bond donors (Lipinski definition) is 1. The number of amides is 2. The highest BCUT2D eigenvalue weighted by atomic mass is 16.5. The number of benzene rings is 2. The third-order valence-corrected chi connectivity index (χ3v) is 5.63. The molecule has 0 bridgehead atoms. The molecule has 6 heteroatoms. The van der Waals surface area contributed by atoms with Crippen molar-refractivity contribution in [1.82, 2.24) is 10.2 Å². The Morgan fingerprint density at radius 3 is 2.09 bits per heavy atom. The molecule has 1 saturated heterocycles. The molecule has 0 unspecified atom stereocenters. The molecule has 1 heterocycles. The first kappa shape index (κ1) is 23.6. The topological polar surface area (TPSA) is 67.9 Å². The molecule has 0 aliphatic carbocycles. The lowest BCUT2D eigenvalue weighted by molar-refractivity contribution is -0.131. The molecule has 0 atom stereocenters. The van der Waals surface area contributed by atoms with Crippen LogP contribution in [0.3, 0.4) is 0 Å². The summed E-state index contributed by atoms with van der Waals surface area (Å²) in [6.07, 6.45) is 4.05. The van der Waals surface area contributed by atoms with Gasteiger partial charge in [0.25, 0.3) is 5.91 Å². The van der Waals surface area contributed by atoms with Crippen LogP contribution in [0.5, 0.6) is 11.5 Å². The van der Waals surface area contributed by atoms with E-state index in [-0.39, 0.29) is 24.5 Å². The lowest BCUT2D eigenvalue weighted by Gasteiger charge is -2.32. The van der Waals surface area contributed by atoms with Gasteiger partial charge in [0.15, 0.2) is 6.61 Å². The minimum absolute atomic E-state index is 0.00398. The largest absolute Gasteiger partial charge is 0.494 e. The van der Waals surface area contributed by atoms with Crippen LogP contribution >= 0.6 is 0 Å². The Kier molecular flexibility index (Phi) is 8.96. The average molecular weight is 439 g/mol. The highest BCUT2D eigenvalue weighted by molar-refractivity contribution is 5.79. The standard InChI is InChI=1S/C26H34N2O4/c1-3-5-20-6-10-24(11-7-20)32-19-25(29)27-22-14-16-28(17-15-22)26(30)18-21-8-12-23(13-9-21)31-4-2/h6-13,22H,3-5,14-19H2,1-2H3,(H,27,29). The van der Waals surface area contributed by atoms with Gasteiger partial charge in [-0.2, -0.15) is 0 Å². The number of rotatable bonds is 10. The maximum Gasteiger partial charge on any atom is 0.258 e. The van der Waals surface area contributed by atoms with E-state index in [1.807, 2.05) is 60.4 Å². The third kappa shape index (κ3) is 7.29. The van der Waals surface area contributed by atoms with Crippen LogP contribution in [0, 0.1) is 0 Å². The van der Waals surface area contributed by atoms with Crippen molar-refractivity contribution in [3.05, 3.63) is 59.7 Å².